The first-order chi connectivity index (χ1) is 3.30. The molecule has 0 aliphatic carbocycles. The van der Waals surface area contributed by atoms with Crippen molar-refractivity contribution >= 4 is 38.6 Å². The lowest BCUT2D eigenvalue weighted by molar-refractivity contribution is 1.07. The minimum atomic E-state index is 0. The molecule has 0 spiro atoms. The number of nitrogens with one attached hydrogen (secondary N) is 1. The number of hydrogen-bond donors (Lipinski definition) is 2. The van der Waals surface area contributed by atoms with E-state index in [4.69, 9.17) is 5.73 Å². The number of nitrogens with zero attached hydrogens (tertiary/aromatic N) is 1. The van der Waals surface area contributed by atoms with Crippen LogP contribution in [0.25, 0.3) is 0 Å². The predicted molar refractivity (Wildman–Crippen MR) is 41.0 cm³/mol. The molecular weight excluding hydrogens is 238 g/mol. The maximum absolute atomic E-state index is 5.30. The van der Waals surface area contributed by atoms with Crippen molar-refractivity contribution in [1.29, 1.82) is 0 Å². The molecule has 0 fully saturated rings. The fraction of sp³-hybridized carbons (Fsp3) is 0. The molecule has 1 heterocycles. The molecule has 5 heteroatoms. The summed E-state index contributed by atoms with van der Waals surface area (Å²) < 4.78 is 0.743. The van der Waals surface area contributed by atoms with E-state index in [1.165, 1.54) is 0 Å². The quantitative estimate of drug-likeness (QED) is 0.722. The van der Waals surface area contributed by atoms with Crippen molar-refractivity contribution in [2.45, 2.75) is 0 Å². The second kappa shape index (κ2) is 3.09. The average Bonchev–Trinajstić information content (AvgIpc) is 1.91. The van der Waals surface area contributed by atoms with Crippen LogP contribution in [-0.4, -0.2) is 10.2 Å². The molecule has 0 saturated heterocycles. The van der Waals surface area contributed by atoms with Gasteiger partial charge in [0.1, 0.15) is 4.60 Å². The first-order valence-corrected chi connectivity index (χ1v) is 2.54. The van der Waals surface area contributed by atoms with Gasteiger partial charge in [0.15, 0.2) is 0 Å². The summed E-state index contributed by atoms with van der Waals surface area (Å²) in [6.45, 7) is 0. The van der Waals surface area contributed by atoms with E-state index < -0.39 is 0 Å². The Morgan fingerprint density at radius 2 is 2.38 bits per heavy atom. The van der Waals surface area contributed by atoms with Gasteiger partial charge in [-0.1, -0.05) is 0 Å². The summed E-state index contributed by atoms with van der Waals surface area (Å²) in [5.41, 5.74) is 5.94. The lowest BCUT2D eigenvalue weighted by Crippen LogP contribution is -1.78. The normalized spacial score (nSPS) is 8.12. The van der Waals surface area contributed by atoms with Gasteiger partial charge < -0.3 is 5.73 Å². The van der Waals surface area contributed by atoms with E-state index in [2.05, 4.69) is 26.1 Å². The van der Waals surface area contributed by atoms with Crippen LogP contribution in [-0.2, 0) is 0 Å². The van der Waals surface area contributed by atoms with Crippen molar-refractivity contribution in [1.82, 2.24) is 10.2 Å². The summed E-state index contributed by atoms with van der Waals surface area (Å²) >= 11 is 3.12. The third kappa shape index (κ3) is 1.48. The van der Waals surface area contributed by atoms with E-state index in [0.717, 1.165) is 4.60 Å². The van der Waals surface area contributed by atoms with Crippen LogP contribution >= 0.6 is 32.9 Å². The Morgan fingerprint density at radius 3 is 2.50 bits per heavy atom. The Balaban J connectivity index is 0.000000490. The van der Waals surface area contributed by atoms with Crippen molar-refractivity contribution in [2.75, 3.05) is 5.73 Å². The molecule has 0 atom stereocenters. The zero-order valence-electron chi connectivity index (χ0n) is 3.89. The molecule has 8 heavy (non-hydrogen) atoms. The SMILES string of the molecule is Br.Nc1cn[nH]c1Br. The number of anilines is 1. The summed E-state index contributed by atoms with van der Waals surface area (Å²) in [6, 6.07) is 0. The first kappa shape index (κ1) is 7.97. The van der Waals surface area contributed by atoms with Crippen molar-refractivity contribution in [3.8, 4) is 0 Å². The van der Waals surface area contributed by atoms with Gasteiger partial charge in [0.25, 0.3) is 0 Å². The minimum absolute atomic E-state index is 0. The van der Waals surface area contributed by atoms with Gasteiger partial charge in [-0.3, -0.25) is 5.10 Å². The Bertz CT molecular complexity index is 145. The molecule has 0 aliphatic heterocycles. The van der Waals surface area contributed by atoms with Gasteiger partial charge in [0.2, 0.25) is 0 Å². The van der Waals surface area contributed by atoms with Gasteiger partial charge >= 0.3 is 0 Å². The molecule has 0 unspecified atom stereocenters. The van der Waals surface area contributed by atoms with Crippen LogP contribution in [0.4, 0.5) is 5.69 Å². The molecule has 0 radical (unpaired) electrons. The zero-order valence-corrected chi connectivity index (χ0v) is 7.19. The molecule has 46 valence electrons. The van der Waals surface area contributed by atoms with E-state index in [1.807, 2.05) is 0 Å². The molecule has 3 nitrogen and oxygen atoms in total. The smallest absolute Gasteiger partial charge is 0.123 e. The highest BCUT2D eigenvalue weighted by Crippen LogP contribution is 2.12. The molecule has 3 N–H and O–H groups in total. The highest BCUT2D eigenvalue weighted by Gasteiger charge is 1.90. The van der Waals surface area contributed by atoms with Crippen molar-refractivity contribution in [3.05, 3.63) is 10.8 Å². The van der Waals surface area contributed by atoms with Crippen molar-refractivity contribution in [2.24, 2.45) is 0 Å². The number of nitrogen functional groups attached to an aromatic ring is 1. The molecule has 0 amide bonds. The van der Waals surface area contributed by atoms with Crippen LogP contribution in [0.5, 0.6) is 0 Å². The Hall–Kier alpha value is -0.0300. The van der Waals surface area contributed by atoms with E-state index in [1.54, 1.807) is 6.20 Å². The molecule has 0 bridgehead atoms. The monoisotopic (exact) mass is 241 g/mol. The maximum Gasteiger partial charge on any atom is 0.123 e. The number of halogens is 2. The van der Waals surface area contributed by atoms with Crippen LogP contribution in [0, 0.1) is 0 Å². The second-order valence-electron chi connectivity index (χ2n) is 1.14. The van der Waals surface area contributed by atoms with Crippen LogP contribution < -0.4 is 5.73 Å². The molecule has 0 aliphatic rings. The van der Waals surface area contributed by atoms with Crippen molar-refractivity contribution < 1.29 is 0 Å². The summed E-state index contributed by atoms with van der Waals surface area (Å²) in [5, 5.41) is 6.23. The molecule has 0 saturated carbocycles. The van der Waals surface area contributed by atoms with Crippen LogP contribution in [0.15, 0.2) is 10.8 Å². The van der Waals surface area contributed by atoms with Gasteiger partial charge in [-0.2, -0.15) is 5.10 Å². The van der Waals surface area contributed by atoms with Crippen LogP contribution in [0.1, 0.15) is 0 Å². The van der Waals surface area contributed by atoms with E-state index in [0.29, 0.717) is 5.69 Å². The Kier molecular flexibility index (Phi) is 3.08. The van der Waals surface area contributed by atoms with E-state index >= 15 is 0 Å². The third-order valence-electron chi connectivity index (χ3n) is 0.620. The van der Waals surface area contributed by atoms with Crippen LogP contribution in [0.3, 0.4) is 0 Å². The maximum atomic E-state index is 5.30. The van der Waals surface area contributed by atoms with Crippen LogP contribution in [0.2, 0.25) is 0 Å². The molecule has 1 aromatic heterocycles. The number of hydrogen-bond acceptors (Lipinski definition) is 2. The highest BCUT2D eigenvalue weighted by atomic mass is 79.9. The average molecular weight is 243 g/mol. The van der Waals surface area contributed by atoms with E-state index in [-0.39, 0.29) is 17.0 Å². The lowest BCUT2D eigenvalue weighted by atomic mass is 10.6. The largest absolute Gasteiger partial charge is 0.395 e. The fourth-order valence-electron chi connectivity index (χ4n) is 0.280. The zero-order chi connectivity index (χ0) is 5.28. The summed E-state index contributed by atoms with van der Waals surface area (Å²) in [6.07, 6.45) is 1.55. The number of aromatic amines is 1. The van der Waals surface area contributed by atoms with Gasteiger partial charge in [-0.05, 0) is 15.9 Å². The lowest BCUT2D eigenvalue weighted by Gasteiger charge is -1.77. The van der Waals surface area contributed by atoms with Gasteiger partial charge in [-0.15, -0.1) is 17.0 Å². The number of nitrogens with two attached hydrogens (primary N) is 1. The summed E-state index contributed by atoms with van der Waals surface area (Å²) in [7, 11) is 0. The van der Waals surface area contributed by atoms with Gasteiger partial charge in [-0.25, -0.2) is 0 Å². The predicted octanol–water partition coefficient (Wildman–Crippen LogP) is 1.33. The number of aromatic nitrogens is 2. The van der Waals surface area contributed by atoms with Gasteiger partial charge in [0, 0.05) is 0 Å². The molecule has 0 aromatic carbocycles. The van der Waals surface area contributed by atoms with Crippen molar-refractivity contribution in [3.63, 3.8) is 0 Å². The fourth-order valence-corrected chi connectivity index (χ4v) is 0.484. The number of H-pyrrole nitrogens is 1. The topological polar surface area (TPSA) is 54.7 Å². The van der Waals surface area contributed by atoms with Gasteiger partial charge in [0.05, 0.1) is 11.9 Å². The summed E-state index contributed by atoms with van der Waals surface area (Å²) in [5.74, 6) is 0. The van der Waals surface area contributed by atoms with E-state index in [9.17, 15) is 0 Å². The molecule has 1 aromatic rings. The molecular formula is C3H5Br2N3. The number of rotatable bonds is 0. The Labute approximate surface area is 65.5 Å². The second-order valence-corrected chi connectivity index (χ2v) is 1.93. The highest BCUT2D eigenvalue weighted by molar-refractivity contribution is 9.10. The standard InChI is InChI=1S/C3H4BrN3.BrH/c4-3-2(5)1-6-7-3;/h1H,5H2,(H,6,7);1H. The molecule has 1 rings (SSSR count). The third-order valence-corrected chi connectivity index (χ3v) is 1.25. The first-order valence-electron chi connectivity index (χ1n) is 1.75. The Morgan fingerprint density at radius 1 is 1.75 bits per heavy atom. The minimum Gasteiger partial charge on any atom is -0.395 e. The summed E-state index contributed by atoms with van der Waals surface area (Å²) in [4.78, 5) is 0.